The van der Waals surface area contributed by atoms with Crippen molar-refractivity contribution in [2.45, 2.75) is 11.3 Å². The van der Waals surface area contributed by atoms with Crippen molar-refractivity contribution in [3.63, 3.8) is 0 Å². The number of halogens is 1. The second-order valence-corrected chi connectivity index (χ2v) is 10.3. The number of amides is 1. The zero-order chi connectivity index (χ0) is 21.9. The number of carbonyl (C=O) groups excluding carboxylic acids is 1. The van der Waals surface area contributed by atoms with Crippen LogP contribution in [0.5, 0.6) is 5.75 Å². The van der Waals surface area contributed by atoms with E-state index in [1.807, 2.05) is 32.3 Å². The summed E-state index contributed by atoms with van der Waals surface area (Å²) in [5, 5.41) is 0.576. The number of methoxy groups -OCH3 is 1. The van der Waals surface area contributed by atoms with Gasteiger partial charge in [0.1, 0.15) is 5.75 Å². The van der Waals surface area contributed by atoms with Crippen molar-refractivity contribution in [3.8, 4) is 5.75 Å². The minimum Gasteiger partial charge on any atom is -0.497 e. The first kappa shape index (κ1) is 25.1. The fourth-order valence-electron chi connectivity index (χ4n) is 2.98. The molecule has 3 aromatic rings. The zero-order valence-corrected chi connectivity index (χ0v) is 20.3. The Hall–Kier alpha value is -2.20. The summed E-state index contributed by atoms with van der Waals surface area (Å²) < 4.78 is 30.0. The highest BCUT2D eigenvalue weighted by atomic mass is 35.5. The lowest BCUT2D eigenvalue weighted by atomic mass is 10.2. The Balaban J connectivity index is 0.00000341. The molecule has 0 spiro atoms. The minimum absolute atomic E-state index is 0. The van der Waals surface area contributed by atoms with Gasteiger partial charge in [-0.05, 0) is 63.5 Å². The van der Waals surface area contributed by atoms with Crippen LogP contribution in [0.25, 0.3) is 10.2 Å². The highest BCUT2D eigenvalue weighted by Gasteiger charge is 2.22. The Morgan fingerprint density at radius 3 is 2.52 bits per heavy atom. The molecule has 2 aromatic carbocycles. The van der Waals surface area contributed by atoms with Crippen LogP contribution < -0.4 is 9.64 Å². The number of aromatic nitrogens is 1. The van der Waals surface area contributed by atoms with Gasteiger partial charge in [0.15, 0.2) is 15.0 Å². The third-order valence-electron chi connectivity index (χ3n) is 4.56. The SMILES string of the molecule is COc1ccc2nc(N(CCCN(C)C)C(=O)c3cccc(S(C)(=O)=O)c3)sc2c1.Cl. The number of benzene rings is 2. The first-order chi connectivity index (χ1) is 14.2. The van der Waals surface area contributed by atoms with E-state index in [9.17, 15) is 13.2 Å². The summed E-state index contributed by atoms with van der Waals surface area (Å²) in [6, 6.07) is 11.7. The Labute approximate surface area is 193 Å². The van der Waals surface area contributed by atoms with Gasteiger partial charge in [0.25, 0.3) is 5.91 Å². The molecular weight excluding hydrogens is 458 g/mol. The maximum absolute atomic E-state index is 13.4. The van der Waals surface area contributed by atoms with Gasteiger partial charge in [0, 0.05) is 18.4 Å². The third-order valence-corrected chi connectivity index (χ3v) is 6.71. The zero-order valence-electron chi connectivity index (χ0n) is 17.9. The molecule has 0 unspecified atom stereocenters. The number of hydrogen-bond acceptors (Lipinski definition) is 7. The van der Waals surface area contributed by atoms with E-state index in [0.29, 0.717) is 17.2 Å². The van der Waals surface area contributed by atoms with Crippen molar-refractivity contribution in [3.05, 3.63) is 48.0 Å². The van der Waals surface area contributed by atoms with Gasteiger partial charge < -0.3 is 9.64 Å². The number of thiazole rings is 1. The van der Waals surface area contributed by atoms with Crippen molar-refractivity contribution in [2.24, 2.45) is 0 Å². The molecule has 10 heteroatoms. The highest BCUT2D eigenvalue weighted by molar-refractivity contribution is 7.90. The third kappa shape index (κ3) is 6.16. The summed E-state index contributed by atoms with van der Waals surface area (Å²) in [6.07, 6.45) is 1.89. The topological polar surface area (TPSA) is 79.8 Å². The molecule has 0 aliphatic rings. The highest BCUT2D eigenvalue weighted by Crippen LogP contribution is 2.32. The largest absolute Gasteiger partial charge is 0.497 e. The van der Waals surface area contributed by atoms with E-state index in [4.69, 9.17) is 4.74 Å². The van der Waals surface area contributed by atoms with Crippen molar-refractivity contribution in [2.75, 3.05) is 45.5 Å². The Kier molecular flexibility index (Phi) is 8.41. The molecule has 0 fully saturated rings. The molecule has 1 heterocycles. The standard InChI is InChI=1S/C21H25N3O4S2.ClH/c1-23(2)11-6-12-24(20(25)15-7-5-8-17(13-15)30(4,26)27)21-22-18-10-9-16(28-3)14-19(18)29-21;/h5,7-10,13-14H,6,11-12H2,1-4H3;1H. The van der Waals surface area contributed by atoms with Gasteiger partial charge >= 0.3 is 0 Å². The van der Waals surface area contributed by atoms with E-state index in [0.717, 1.165) is 35.2 Å². The number of hydrogen-bond donors (Lipinski definition) is 0. The lowest BCUT2D eigenvalue weighted by molar-refractivity contribution is 0.0986. The molecule has 0 aliphatic heterocycles. The Morgan fingerprint density at radius 2 is 1.87 bits per heavy atom. The van der Waals surface area contributed by atoms with Crippen LogP contribution in [0.2, 0.25) is 0 Å². The van der Waals surface area contributed by atoms with Gasteiger partial charge in [-0.3, -0.25) is 9.69 Å². The molecule has 0 radical (unpaired) electrons. The van der Waals surface area contributed by atoms with Crippen LogP contribution in [0.1, 0.15) is 16.8 Å². The number of rotatable bonds is 8. The normalized spacial score (nSPS) is 11.4. The Morgan fingerprint density at radius 1 is 1.13 bits per heavy atom. The summed E-state index contributed by atoms with van der Waals surface area (Å²) in [5.41, 5.74) is 1.10. The average Bonchev–Trinajstić information content (AvgIpc) is 3.12. The summed E-state index contributed by atoms with van der Waals surface area (Å²) in [4.78, 5) is 21.8. The van der Waals surface area contributed by atoms with Crippen LogP contribution >= 0.6 is 23.7 Å². The molecular formula is C21H26ClN3O4S2. The average molecular weight is 484 g/mol. The smallest absolute Gasteiger partial charge is 0.260 e. The number of anilines is 1. The van der Waals surface area contributed by atoms with Crippen molar-refractivity contribution >= 4 is 54.8 Å². The summed E-state index contributed by atoms with van der Waals surface area (Å²) >= 11 is 1.41. The molecule has 0 saturated heterocycles. The first-order valence-corrected chi connectivity index (χ1v) is 12.1. The van der Waals surface area contributed by atoms with Crippen LogP contribution in [-0.2, 0) is 9.84 Å². The molecule has 0 N–H and O–H groups in total. The van der Waals surface area contributed by atoms with E-state index in [2.05, 4.69) is 9.88 Å². The van der Waals surface area contributed by atoms with Crippen molar-refractivity contribution < 1.29 is 17.9 Å². The van der Waals surface area contributed by atoms with Crippen LogP contribution in [-0.4, -0.2) is 64.8 Å². The van der Waals surface area contributed by atoms with Gasteiger partial charge in [0.05, 0.1) is 22.2 Å². The number of ether oxygens (including phenoxy) is 1. The van der Waals surface area contributed by atoms with Crippen LogP contribution in [0.15, 0.2) is 47.4 Å². The maximum atomic E-state index is 13.4. The van der Waals surface area contributed by atoms with E-state index >= 15 is 0 Å². The molecule has 31 heavy (non-hydrogen) atoms. The Bertz CT molecular complexity index is 1160. The monoisotopic (exact) mass is 483 g/mol. The van der Waals surface area contributed by atoms with Crippen LogP contribution in [0, 0.1) is 0 Å². The molecule has 1 aromatic heterocycles. The van der Waals surface area contributed by atoms with E-state index in [1.54, 1.807) is 24.1 Å². The van der Waals surface area contributed by atoms with Crippen molar-refractivity contribution in [1.29, 1.82) is 0 Å². The molecule has 0 saturated carbocycles. The predicted octanol–water partition coefficient (Wildman–Crippen LogP) is 3.73. The number of carbonyl (C=O) groups is 1. The maximum Gasteiger partial charge on any atom is 0.260 e. The quantitative estimate of drug-likeness (QED) is 0.485. The molecule has 0 atom stereocenters. The van der Waals surface area contributed by atoms with Gasteiger partial charge in [-0.25, -0.2) is 13.4 Å². The summed E-state index contributed by atoms with van der Waals surface area (Å²) in [7, 11) is 2.15. The molecule has 0 bridgehead atoms. The molecule has 168 valence electrons. The van der Waals surface area contributed by atoms with Gasteiger partial charge in [0.2, 0.25) is 0 Å². The van der Waals surface area contributed by atoms with E-state index in [-0.39, 0.29) is 23.2 Å². The first-order valence-electron chi connectivity index (χ1n) is 9.40. The lowest BCUT2D eigenvalue weighted by Crippen LogP contribution is -2.33. The number of nitrogens with zero attached hydrogens (tertiary/aromatic N) is 3. The minimum atomic E-state index is -3.41. The molecule has 0 aliphatic carbocycles. The fourth-order valence-corrected chi connectivity index (χ4v) is 4.67. The fraction of sp³-hybridized carbons (Fsp3) is 0.333. The lowest BCUT2D eigenvalue weighted by Gasteiger charge is -2.21. The van der Waals surface area contributed by atoms with Gasteiger partial charge in [-0.2, -0.15) is 0 Å². The van der Waals surface area contributed by atoms with E-state index < -0.39 is 9.84 Å². The van der Waals surface area contributed by atoms with Gasteiger partial charge in [-0.15, -0.1) is 12.4 Å². The summed E-state index contributed by atoms with van der Waals surface area (Å²) in [5.74, 6) is 0.453. The second kappa shape index (κ2) is 10.4. The van der Waals surface area contributed by atoms with Gasteiger partial charge in [-0.1, -0.05) is 17.4 Å². The second-order valence-electron chi connectivity index (χ2n) is 7.24. The molecule has 3 rings (SSSR count). The molecule has 1 amide bonds. The number of sulfone groups is 1. The van der Waals surface area contributed by atoms with Crippen LogP contribution in [0.4, 0.5) is 5.13 Å². The predicted molar refractivity (Wildman–Crippen MR) is 128 cm³/mol. The van der Waals surface area contributed by atoms with E-state index in [1.165, 1.54) is 23.5 Å². The van der Waals surface area contributed by atoms with Crippen molar-refractivity contribution in [1.82, 2.24) is 9.88 Å². The number of fused-ring (bicyclic) bond motifs is 1. The molecule has 7 nitrogen and oxygen atoms in total. The van der Waals surface area contributed by atoms with Crippen LogP contribution in [0.3, 0.4) is 0 Å². The summed E-state index contributed by atoms with van der Waals surface area (Å²) in [6.45, 7) is 1.28.